The van der Waals surface area contributed by atoms with Crippen molar-refractivity contribution in [3.05, 3.63) is 35.9 Å². The fraction of sp³-hybridized carbons (Fsp3) is 0.500. The summed E-state index contributed by atoms with van der Waals surface area (Å²) in [4.78, 5) is 13.0. The summed E-state index contributed by atoms with van der Waals surface area (Å²) in [6.07, 6.45) is -0.408. The van der Waals surface area contributed by atoms with Gasteiger partial charge in [-0.25, -0.2) is 0 Å². The van der Waals surface area contributed by atoms with E-state index in [4.69, 9.17) is 5.11 Å². The minimum atomic E-state index is -0.772. The molecule has 2 rings (SSSR count). The maximum absolute atomic E-state index is 10.9. The number of thioether (sulfide) groups is 1. The minimum Gasteiger partial charge on any atom is -0.481 e. The molecule has 1 aliphatic rings. The summed E-state index contributed by atoms with van der Waals surface area (Å²) < 4.78 is 0. The Balaban J connectivity index is 1.97. The number of carboxylic acids is 1. The number of aliphatic carboxylic acids is 1. The van der Waals surface area contributed by atoms with Crippen LogP contribution in [-0.2, 0) is 4.79 Å². The van der Waals surface area contributed by atoms with E-state index in [9.17, 15) is 9.90 Å². The summed E-state index contributed by atoms with van der Waals surface area (Å²) in [6.45, 7) is 1.34. The molecule has 1 aliphatic heterocycles. The van der Waals surface area contributed by atoms with E-state index in [1.807, 2.05) is 30.3 Å². The zero-order chi connectivity index (χ0) is 13.7. The van der Waals surface area contributed by atoms with Gasteiger partial charge in [-0.3, -0.25) is 9.69 Å². The van der Waals surface area contributed by atoms with Crippen molar-refractivity contribution in [2.24, 2.45) is 0 Å². The van der Waals surface area contributed by atoms with Gasteiger partial charge in [0.25, 0.3) is 0 Å². The van der Waals surface area contributed by atoms with Crippen molar-refractivity contribution in [2.75, 3.05) is 24.6 Å². The van der Waals surface area contributed by atoms with Gasteiger partial charge >= 0.3 is 5.97 Å². The molecule has 1 aromatic rings. The number of hydrogen-bond acceptors (Lipinski definition) is 4. The topological polar surface area (TPSA) is 60.8 Å². The molecule has 0 aliphatic carbocycles. The molecule has 0 radical (unpaired) electrons. The highest BCUT2D eigenvalue weighted by molar-refractivity contribution is 7.99. The zero-order valence-electron chi connectivity index (χ0n) is 10.7. The summed E-state index contributed by atoms with van der Waals surface area (Å²) in [5.41, 5.74) is 0.884. The number of aliphatic hydroxyl groups is 1. The van der Waals surface area contributed by atoms with Gasteiger partial charge in [-0.15, -0.1) is 0 Å². The summed E-state index contributed by atoms with van der Waals surface area (Å²) in [5.74, 6) is 1.05. The number of hydrogen-bond donors (Lipinski definition) is 2. The molecule has 1 saturated heterocycles. The van der Waals surface area contributed by atoms with Crippen LogP contribution in [0.2, 0.25) is 0 Å². The molecule has 1 fully saturated rings. The van der Waals surface area contributed by atoms with Gasteiger partial charge in [0.2, 0.25) is 0 Å². The zero-order valence-corrected chi connectivity index (χ0v) is 11.6. The lowest BCUT2D eigenvalue weighted by molar-refractivity contribution is -0.138. The quantitative estimate of drug-likeness (QED) is 0.858. The number of rotatable bonds is 5. The van der Waals surface area contributed by atoms with Crippen molar-refractivity contribution in [3.63, 3.8) is 0 Å². The Hall–Kier alpha value is -1.04. The van der Waals surface area contributed by atoms with Crippen molar-refractivity contribution in [2.45, 2.75) is 18.6 Å². The van der Waals surface area contributed by atoms with Crippen LogP contribution in [0.15, 0.2) is 30.3 Å². The van der Waals surface area contributed by atoms with Crippen molar-refractivity contribution < 1.29 is 15.0 Å². The summed E-state index contributed by atoms with van der Waals surface area (Å²) >= 11 is 1.79. The van der Waals surface area contributed by atoms with Gasteiger partial charge in [-0.2, -0.15) is 11.8 Å². The van der Waals surface area contributed by atoms with E-state index >= 15 is 0 Å². The molecular weight excluding hydrogens is 262 g/mol. The lowest BCUT2D eigenvalue weighted by Gasteiger charge is -2.35. The van der Waals surface area contributed by atoms with E-state index in [1.54, 1.807) is 11.8 Å². The Bertz CT molecular complexity index is 412. The number of benzene rings is 1. The van der Waals surface area contributed by atoms with Crippen LogP contribution >= 0.6 is 11.8 Å². The molecular formula is C14H19NO3S. The summed E-state index contributed by atoms with van der Waals surface area (Å²) in [7, 11) is 0. The highest BCUT2D eigenvalue weighted by atomic mass is 32.2. The molecule has 0 spiro atoms. The van der Waals surface area contributed by atoms with E-state index < -0.39 is 12.1 Å². The molecule has 2 N–H and O–H groups in total. The third-order valence-corrected chi connectivity index (χ3v) is 4.44. The van der Waals surface area contributed by atoms with E-state index in [0.717, 1.165) is 23.6 Å². The Morgan fingerprint density at radius 1 is 1.42 bits per heavy atom. The van der Waals surface area contributed by atoms with Crippen LogP contribution in [-0.4, -0.2) is 51.7 Å². The summed E-state index contributed by atoms with van der Waals surface area (Å²) in [6, 6.07) is 9.54. The molecule has 5 heteroatoms. The number of carboxylic acid groups (broad SMARTS) is 1. The van der Waals surface area contributed by atoms with Gasteiger partial charge in [-0.1, -0.05) is 30.3 Å². The molecule has 0 amide bonds. The monoisotopic (exact) mass is 281 g/mol. The van der Waals surface area contributed by atoms with Crippen LogP contribution in [0.4, 0.5) is 0 Å². The third-order valence-electron chi connectivity index (χ3n) is 3.35. The van der Waals surface area contributed by atoms with E-state index in [1.165, 1.54) is 0 Å². The maximum Gasteiger partial charge on any atom is 0.304 e. The SMILES string of the molecule is O=C(O)CC1CSCCN1CC(O)c1ccccc1. The Morgan fingerprint density at radius 2 is 2.16 bits per heavy atom. The maximum atomic E-state index is 10.9. The number of aliphatic hydroxyl groups excluding tert-OH is 1. The van der Waals surface area contributed by atoms with Crippen molar-refractivity contribution >= 4 is 17.7 Å². The van der Waals surface area contributed by atoms with Crippen molar-refractivity contribution in [3.8, 4) is 0 Å². The smallest absolute Gasteiger partial charge is 0.304 e. The minimum absolute atomic E-state index is 0.0228. The van der Waals surface area contributed by atoms with Crippen LogP contribution < -0.4 is 0 Å². The lowest BCUT2D eigenvalue weighted by atomic mass is 10.1. The summed E-state index contributed by atoms with van der Waals surface area (Å²) in [5, 5.41) is 19.2. The Kier molecular flexibility index (Phi) is 5.24. The van der Waals surface area contributed by atoms with E-state index in [0.29, 0.717) is 6.54 Å². The number of β-amino-alcohol motifs (C(OH)–C–C–N with tert-alkyl or cyclic N) is 1. The average Bonchev–Trinajstić information content (AvgIpc) is 2.41. The molecule has 2 unspecified atom stereocenters. The van der Waals surface area contributed by atoms with Crippen molar-refractivity contribution in [1.82, 2.24) is 4.90 Å². The van der Waals surface area contributed by atoms with Gasteiger partial charge in [0, 0.05) is 30.6 Å². The Morgan fingerprint density at radius 3 is 2.84 bits per heavy atom. The largest absolute Gasteiger partial charge is 0.481 e. The first-order chi connectivity index (χ1) is 9.16. The van der Waals surface area contributed by atoms with Crippen LogP contribution in [0, 0.1) is 0 Å². The van der Waals surface area contributed by atoms with E-state index in [2.05, 4.69) is 4.90 Å². The van der Waals surface area contributed by atoms with Gasteiger partial charge in [0.05, 0.1) is 12.5 Å². The van der Waals surface area contributed by atoms with Gasteiger partial charge in [-0.05, 0) is 5.56 Å². The van der Waals surface area contributed by atoms with Gasteiger partial charge in [0.1, 0.15) is 0 Å². The molecule has 0 saturated carbocycles. The highest BCUT2D eigenvalue weighted by Gasteiger charge is 2.26. The first kappa shape index (κ1) is 14.4. The first-order valence-corrected chi connectivity index (χ1v) is 7.59. The van der Waals surface area contributed by atoms with Crippen LogP contribution in [0.3, 0.4) is 0 Å². The molecule has 1 aromatic carbocycles. The van der Waals surface area contributed by atoms with Gasteiger partial charge in [0.15, 0.2) is 0 Å². The highest BCUT2D eigenvalue weighted by Crippen LogP contribution is 2.22. The van der Waals surface area contributed by atoms with Crippen LogP contribution in [0.5, 0.6) is 0 Å². The fourth-order valence-corrected chi connectivity index (χ4v) is 3.45. The second kappa shape index (κ2) is 6.93. The fourth-order valence-electron chi connectivity index (χ4n) is 2.32. The van der Waals surface area contributed by atoms with Crippen LogP contribution in [0.25, 0.3) is 0 Å². The van der Waals surface area contributed by atoms with Gasteiger partial charge < -0.3 is 10.2 Å². The third kappa shape index (κ3) is 4.23. The predicted octanol–water partition coefficient (Wildman–Crippen LogP) is 1.61. The second-order valence-corrected chi connectivity index (χ2v) is 5.90. The molecule has 0 bridgehead atoms. The second-order valence-electron chi connectivity index (χ2n) is 4.75. The first-order valence-electron chi connectivity index (χ1n) is 6.43. The molecule has 4 nitrogen and oxygen atoms in total. The number of carbonyl (C=O) groups is 1. The molecule has 0 aromatic heterocycles. The number of nitrogens with zero attached hydrogens (tertiary/aromatic N) is 1. The molecule has 1 heterocycles. The predicted molar refractivity (Wildman–Crippen MR) is 76.3 cm³/mol. The van der Waals surface area contributed by atoms with E-state index in [-0.39, 0.29) is 12.5 Å². The standard InChI is InChI=1S/C14H19NO3S/c16-13(11-4-2-1-3-5-11)9-15-6-7-19-10-12(15)8-14(17)18/h1-5,12-13,16H,6-10H2,(H,17,18). The van der Waals surface area contributed by atoms with Crippen LogP contribution in [0.1, 0.15) is 18.1 Å². The van der Waals surface area contributed by atoms with Crippen molar-refractivity contribution in [1.29, 1.82) is 0 Å². The molecule has 104 valence electrons. The average molecular weight is 281 g/mol. The normalized spacial score (nSPS) is 22.1. The molecule has 19 heavy (non-hydrogen) atoms. The lowest BCUT2D eigenvalue weighted by Crippen LogP contribution is -2.45. The Labute approximate surface area is 117 Å². The molecule has 2 atom stereocenters.